The predicted molar refractivity (Wildman–Crippen MR) is 74.3 cm³/mol. The van der Waals surface area contributed by atoms with Crippen molar-refractivity contribution in [2.75, 3.05) is 5.73 Å². The standard InChI is InChI=1S/C14H21FN2O3/c1-14(2,3)12(18)7-11(20-13(17)19)9-6-8(16)4-5-10(9)15/h4-6,11-12,18H,7,16H2,1-3H3,(H2,17,19). The van der Waals surface area contributed by atoms with Gasteiger partial charge in [0.1, 0.15) is 11.9 Å². The van der Waals surface area contributed by atoms with E-state index in [4.69, 9.17) is 16.2 Å². The number of primary amides is 1. The number of ether oxygens (including phenoxy) is 1. The van der Waals surface area contributed by atoms with E-state index in [-0.39, 0.29) is 12.0 Å². The number of carbonyl (C=O) groups excluding carboxylic acids is 1. The summed E-state index contributed by atoms with van der Waals surface area (Å²) in [6, 6.07) is 3.96. The van der Waals surface area contributed by atoms with Gasteiger partial charge in [-0.05, 0) is 23.6 Å². The second-order valence-electron chi connectivity index (χ2n) is 5.82. The Bertz CT molecular complexity index is 486. The van der Waals surface area contributed by atoms with E-state index < -0.39 is 29.5 Å². The van der Waals surface area contributed by atoms with Gasteiger partial charge in [0, 0.05) is 17.7 Å². The van der Waals surface area contributed by atoms with Crippen LogP contribution < -0.4 is 11.5 Å². The molecule has 0 bridgehead atoms. The maximum Gasteiger partial charge on any atom is 0.405 e. The number of amides is 1. The van der Waals surface area contributed by atoms with E-state index >= 15 is 0 Å². The molecular formula is C14H21FN2O3. The number of aliphatic hydroxyl groups is 1. The van der Waals surface area contributed by atoms with Crippen LogP contribution >= 0.6 is 0 Å². The van der Waals surface area contributed by atoms with E-state index in [0.29, 0.717) is 5.69 Å². The summed E-state index contributed by atoms with van der Waals surface area (Å²) < 4.78 is 18.8. The van der Waals surface area contributed by atoms with Gasteiger partial charge in [-0.15, -0.1) is 0 Å². The Morgan fingerprint density at radius 1 is 1.45 bits per heavy atom. The zero-order chi connectivity index (χ0) is 15.5. The number of anilines is 1. The van der Waals surface area contributed by atoms with Crippen LogP contribution in [0.25, 0.3) is 0 Å². The van der Waals surface area contributed by atoms with Gasteiger partial charge in [-0.1, -0.05) is 20.8 Å². The largest absolute Gasteiger partial charge is 0.441 e. The molecular weight excluding hydrogens is 263 g/mol. The van der Waals surface area contributed by atoms with Crippen molar-refractivity contribution in [3.63, 3.8) is 0 Å². The maximum absolute atomic E-state index is 13.8. The average Bonchev–Trinajstić information content (AvgIpc) is 2.29. The van der Waals surface area contributed by atoms with Gasteiger partial charge >= 0.3 is 6.09 Å². The van der Waals surface area contributed by atoms with E-state index in [2.05, 4.69) is 0 Å². The van der Waals surface area contributed by atoms with Crippen molar-refractivity contribution in [1.82, 2.24) is 0 Å². The second kappa shape index (κ2) is 6.09. The number of nitrogens with two attached hydrogens (primary N) is 2. The Hall–Kier alpha value is -1.82. The molecule has 0 aliphatic carbocycles. The lowest BCUT2D eigenvalue weighted by Crippen LogP contribution is -2.30. The normalized spacial score (nSPS) is 14.7. The van der Waals surface area contributed by atoms with Gasteiger partial charge < -0.3 is 21.3 Å². The zero-order valence-corrected chi connectivity index (χ0v) is 11.9. The number of nitrogen functional groups attached to an aromatic ring is 1. The Balaban J connectivity index is 3.06. The first-order valence-corrected chi connectivity index (χ1v) is 6.30. The topological polar surface area (TPSA) is 98.6 Å². The fraction of sp³-hybridized carbons (Fsp3) is 0.500. The minimum atomic E-state index is -1.03. The molecule has 0 fully saturated rings. The molecule has 0 aromatic heterocycles. The van der Waals surface area contributed by atoms with E-state index in [1.54, 1.807) is 0 Å². The summed E-state index contributed by atoms with van der Waals surface area (Å²) in [5.74, 6) is -0.563. The summed E-state index contributed by atoms with van der Waals surface area (Å²) in [5, 5.41) is 10.1. The van der Waals surface area contributed by atoms with Crippen LogP contribution in [0, 0.1) is 11.2 Å². The number of rotatable bonds is 4. The third kappa shape index (κ3) is 4.38. The zero-order valence-electron chi connectivity index (χ0n) is 11.9. The lowest BCUT2D eigenvalue weighted by atomic mass is 9.84. The Morgan fingerprint density at radius 2 is 2.05 bits per heavy atom. The first-order valence-electron chi connectivity index (χ1n) is 6.30. The van der Waals surface area contributed by atoms with Crippen LogP contribution in [0.3, 0.4) is 0 Å². The minimum Gasteiger partial charge on any atom is -0.441 e. The summed E-state index contributed by atoms with van der Waals surface area (Å²) in [7, 11) is 0. The van der Waals surface area contributed by atoms with Crippen LogP contribution in [-0.4, -0.2) is 17.3 Å². The van der Waals surface area contributed by atoms with E-state index in [9.17, 15) is 14.3 Å². The van der Waals surface area contributed by atoms with Crippen LogP contribution in [0.5, 0.6) is 0 Å². The lowest BCUT2D eigenvalue weighted by molar-refractivity contribution is 0.00565. The third-order valence-corrected chi connectivity index (χ3v) is 3.06. The predicted octanol–water partition coefficient (Wildman–Crippen LogP) is 2.34. The fourth-order valence-electron chi connectivity index (χ4n) is 1.74. The number of hydrogen-bond acceptors (Lipinski definition) is 4. The number of aliphatic hydroxyl groups excluding tert-OH is 1. The third-order valence-electron chi connectivity index (χ3n) is 3.06. The van der Waals surface area contributed by atoms with Crippen molar-refractivity contribution in [2.45, 2.75) is 39.4 Å². The van der Waals surface area contributed by atoms with Gasteiger partial charge in [0.15, 0.2) is 0 Å². The van der Waals surface area contributed by atoms with Gasteiger partial charge in [0.2, 0.25) is 0 Å². The highest BCUT2D eigenvalue weighted by Gasteiger charge is 2.29. The van der Waals surface area contributed by atoms with Crippen LogP contribution in [-0.2, 0) is 4.74 Å². The average molecular weight is 284 g/mol. The van der Waals surface area contributed by atoms with Crippen molar-refractivity contribution in [3.05, 3.63) is 29.6 Å². The van der Waals surface area contributed by atoms with Crippen LogP contribution in [0.2, 0.25) is 0 Å². The first-order chi connectivity index (χ1) is 9.11. The molecule has 5 N–H and O–H groups in total. The van der Waals surface area contributed by atoms with Gasteiger partial charge in [-0.3, -0.25) is 0 Å². The van der Waals surface area contributed by atoms with E-state index in [1.807, 2.05) is 20.8 Å². The molecule has 1 amide bonds. The maximum atomic E-state index is 13.8. The molecule has 5 nitrogen and oxygen atoms in total. The molecule has 2 unspecified atom stereocenters. The Morgan fingerprint density at radius 3 is 2.55 bits per heavy atom. The van der Waals surface area contributed by atoms with Crippen LogP contribution in [0.1, 0.15) is 38.9 Å². The number of carbonyl (C=O) groups is 1. The molecule has 112 valence electrons. The molecule has 0 aliphatic heterocycles. The molecule has 0 aliphatic rings. The summed E-state index contributed by atoms with van der Waals surface area (Å²) >= 11 is 0. The number of hydrogen-bond donors (Lipinski definition) is 3. The molecule has 2 atom stereocenters. The van der Waals surface area contributed by atoms with Crippen molar-refractivity contribution in [2.24, 2.45) is 11.1 Å². The highest BCUT2D eigenvalue weighted by atomic mass is 19.1. The van der Waals surface area contributed by atoms with Crippen molar-refractivity contribution in [3.8, 4) is 0 Å². The van der Waals surface area contributed by atoms with Gasteiger partial charge in [-0.2, -0.15) is 0 Å². The highest BCUT2D eigenvalue weighted by Crippen LogP contribution is 2.32. The SMILES string of the molecule is CC(C)(C)C(O)CC(OC(N)=O)c1cc(N)ccc1F. The summed E-state index contributed by atoms with van der Waals surface area (Å²) in [5.41, 5.74) is 10.6. The van der Waals surface area contributed by atoms with Gasteiger partial charge in [0.25, 0.3) is 0 Å². The fourth-order valence-corrected chi connectivity index (χ4v) is 1.74. The van der Waals surface area contributed by atoms with Crippen molar-refractivity contribution >= 4 is 11.8 Å². The first kappa shape index (κ1) is 16.2. The molecule has 0 spiro atoms. The molecule has 1 aromatic rings. The highest BCUT2D eigenvalue weighted by molar-refractivity contribution is 5.65. The monoisotopic (exact) mass is 284 g/mol. The summed E-state index contributed by atoms with van der Waals surface area (Å²) in [6.07, 6.45) is -2.77. The molecule has 0 saturated heterocycles. The van der Waals surface area contributed by atoms with Gasteiger partial charge in [0.05, 0.1) is 6.10 Å². The summed E-state index contributed by atoms with van der Waals surface area (Å²) in [4.78, 5) is 11.0. The molecule has 0 saturated carbocycles. The van der Waals surface area contributed by atoms with Crippen molar-refractivity contribution in [1.29, 1.82) is 0 Å². The molecule has 1 aromatic carbocycles. The van der Waals surface area contributed by atoms with Crippen LogP contribution in [0.15, 0.2) is 18.2 Å². The van der Waals surface area contributed by atoms with Crippen molar-refractivity contribution < 1.29 is 19.0 Å². The molecule has 0 radical (unpaired) electrons. The van der Waals surface area contributed by atoms with E-state index in [0.717, 1.165) is 0 Å². The molecule has 6 heteroatoms. The Kier molecular flexibility index (Phi) is 4.94. The smallest absolute Gasteiger partial charge is 0.405 e. The Labute approximate surface area is 117 Å². The van der Waals surface area contributed by atoms with E-state index in [1.165, 1.54) is 18.2 Å². The second-order valence-corrected chi connectivity index (χ2v) is 5.82. The molecule has 1 rings (SSSR count). The lowest BCUT2D eigenvalue weighted by Gasteiger charge is -2.29. The number of halogens is 1. The van der Waals surface area contributed by atoms with Gasteiger partial charge in [-0.25, -0.2) is 9.18 Å². The molecule has 0 heterocycles. The minimum absolute atomic E-state index is 0.0345. The van der Waals surface area contributed by atoms with Crippen LogP contribution in [0.4, 0.5) is 14.9 Å². The summed E-state index contributed by atoms with van der Waals surface area (Å²) in [6.45, 7) is 5.48. The number of benzene rings is 1. The molecule has 20 heavy (non-hydrogen) atoms. The quantitative estimate of drug-likeness (QED) is 0.739.